The molecule has 1 aromatic carbocycles. The Labute approximate surface area is 217 Å². The van der Waals surface area contributed by atoms with Gasteiger partial charge in [0.2, 0.25) is 11.8 Å². The highest BCUT2D eigenvalue weighted by Gasteiger charge is 2.58. The van der Waals surface area contributed by atoms with E-state index in [4.69, 9.17) is 13.9 Å². The predicted molar refractivity (Wildman–Crippen MR) is 140 cm³/mol. The number of carbonyl (C=O) groups excluding carboxylic acids is 4. The van der Waals surface area contributed by atoms with E-state index >= 15 is 0 Å². The third-order valence-electron chi connectivity index (χ3n) is 6.55. The van der Waals surface area contributed by atoms with Crippen LogP contribution in [0.2, 0.25) is 19.6 Å². The van der Waals surface area contributed by atoms with Crippen molar-refractivity contribution in [3.8, 4) is 0 Å². The maximum atomic E-state index is 13.3. The standard InChI is InChI=1S/C27H32N2O7Si/c1-7-11-34-26(32)24-19(15-21-23(25(31)29(21)24)16(3)36-37(4,5)6)17-9-10-20-18(13-17)14-22(30)28(20)27(33)35-12-8-2/h7-10,13,16,21,23H,1-2,11-12,14-15H2,3-6H3/t16-,21-,23-/m1/s1. The molecular weight excluding hydrogens is 492 g/mol. The Morgan fingerprint density at radius 2 is 1.81 bits per heavy atom. The summed E-state index contributed by atoms with van der Waals surface area (Å²) < 4.78 is 16.6. The lowest BCUT2D eigenvalue weighted by Gasteiger charge is -2.47. The first-order valence-electron chi connectivity index (χ1n) is 12.2. The Bertz CT molecular complexity index is 1220. The number of β-lactam (4-membered cyclic amide) rings is 1. The van der Waals surface area contributed by atoms with Crippen LogP contribution in [0.15, 0.2) is 49.2 Å². The topological polar surface area (TPSA) is 102 Å². The summed E-state index contributed by atoms with van der Waals surface area (Å²) in [6.07, 6.45) is 2.32. The molecule has 9 nitrogen and oxygen atoms in total. The summed E-state index contributed by atoms with van der Waals surface area (Å²) in [6.45, 7) is 15.2. The molecule has 1 fully saturated rings. The minimum Gasteiger partial charge on any atom is -0.457 e. The fourth-order valence-corrected chi connectivity index (χ4v) is 6.50. The van der Waals surface area contributed by atoms with Crippen molar-refractivity contribution in [2.24, 2.45) is 5.92 Å². The van der Waals surface area contributed by atoms with Gasteiger partial charge in [-0.2, -0.15) is 0 Å². The molecule has 3 aliphatic heterocycles. The fourth-order valence-electron chi connectivity index (χ4n) is 5.24. The third kappa shape index (κ3) is 4.91. The van der Waals surface area contributed by atoms with E-state index in [1.807, 2.05) is 6.92 Å². The number of fused-ring (bicyclic) bond motifs is 2. The van der Waals surface area contributed by atoms with E-state index in [-0.39, 0.29) is 49.3 Å². The van der Waals surface area contributed by atoms with Crippen LogP contribution in [-0.4, -0.2) is 62.5 Å². The van der Waals surface area contributed by atoms with E-state index in [1.54, 1.807) is 18.2 Å². The van der Waals surface area contributed by atoms with Gasteiger partial charge in [0, 0.05) is 0 Å². The number of imide groups is 1. The Morgan fingerprint density at radius 1 is 1.14 bits per heavy atom. The molecule has 3 atom stereocenters. The van der Waals surface area contributed by atoms with Crippen molar-refractivity contribution >= 4 is 43.5 Å². The number of amides is 3. The first-order valence-corrected chi connectivity index (χ1v) is 15.6. The normalized spacial score (nSPS) is 21.3. The molecule has 0 radical (unpaired) electrons. The lowest BCUT2D eigenvalue weighted by Crippen LogP contribution is -2.63. The lowest BCUT2D eigenvalue weighted by molar-refractivity contribution is -0.161. The molecule has 3 heterocycles. The van der Waals surface area contributed by atoms with E-state index in [1.165, 1.54) is 17.1 Å². The van der Waals surface area contributed by atoms with Crippen LogP contribution in [0.4, 0.5) is 10.5 Å². The molecule has 0 N–H and O–H groups in total. The number of rotatable bonds is 9. The van der Waals surface area contributed by atoms with Gasteiger partial charge in [0.25, 0.3) is 0 Å². The summed E-state index contributed by atoms with van der Waals surface area (Å²) in [5.74, 6) is -1.53. The second-order valence-electron chi connectivity index (χ2n) is 10.3. The molecular formula is C27H32N2O7Si. The molecule has 4 rings (SSSR count). The summed E-state index contributed by atoms with van der Waals surface area (Å²) >= 11 is 0. The van der Waals surface area contributed by atoms with E-state index in [0.717, 1.165) is 4.90 Å². The van der Waals surface area contributed by atoms with Gasteiger partial charge in [-0.25, -0.2) is 14.5 Å². The first kappa shape index (κ1) is 26.6. The Balaban J connectivity index is 1.67. The number of nitrogens with zero attached hydrogens (tertiary/aromatic N) is 2. The first-order chi connectivity index (χ1) is 17.5. The van der Waals surface area contributed by atoms with Crippen LogP contribution in [-0.2, 0) is 34.7 Å². The van der Waals surface area contributed by atoms with Crippen LogP contribution in [0.5, 0.6) is 0 Å². The van der Waals surface area contributed by atoms with Crippen molar-refractivity contribution in [1.29, 1.82) is 0 Å². The van der Waals surface area contributed by atoms with Gasteiger partial charge in [0.15, 0.2) is 8.32 Å². The summed E-state index contributed by atoms with van der Waals surface area (Å²) in [4.78, 5) is 53.8. The number of hydrogen-bond acceptors (Lipinski definition) is 7. The van der Waals surface area contributed by atoms with Gasteiger partial charge < -0.3 is 18.8 Å². The largest absolute Gasteiger partial charge is 0.457 e. The molecule has 37 heavy (non-hydrogen) atoms. The molecule has 0 unspecified atom stereocenters. The zero-order valence-corrected chi connectivity index (χ0v) is 22.6. The molecule has 0 aliphatic carbocycles. The Hall–Kier alpha value is -3.50. The van der Waals surface area contributed by atoms with E-state index in [0.29, 0.717) is 28.8 Å². The zero-order chi connectivity index (χ0) is 27.1. The summed E-state index contributed by atoms with van der Waals surface area (Å²) in [6, 6.07) is 4.97. The van der Waals surface area contributed by atoms with E-state index in [2.05, 4.69) is 32.8 Å². The highest BCUT2D eigenvalue weighted by atomic mass is 28.4. The number of ether oxygens (including phenoxy) is 2. The van der Waals surface area contributed by atoms with Gasteiger partial charge in [-0.05, 0) is 61.8 Å². The average molecular weight is 525 g/mol. The van der Waals surface area contributed by atoms with E-state index in [9.17, 15) is 19.2 Å². The van der Waals surface area contributed by atoms with Crippen LogP contribution in [0.25, 0.3) is 5.57 Å². The van der Waals surface area contributed by atoms with Gasteiger partial charge in [-0.3, -0.25) is 9.59 Å². The fraction of sp³-hybridized carbons (Fsp3) is 0.407. The van der Waals surface area contributed by atoms with Gasteiger partial charge in [-0.1, -0.05) is 31.4 Å². The molecule has 0 spiro atoms. The molecule has 1 aromatic rings. The van der Waals surface area contributed by atoms with Crippen LogP contribution in [0.1, 0.15) is 24.5 Å². The quantitative estimate of drug-likeness (QED) is 0.209. The van der Waals surface area contributed by atoms with Gasteiger partial charge in [0.05, 0.1) is 30.2 Å². The Kier molecular flexibility index (Phi) is 7.25. The van der Waals surface area contributed by atoms with Gasteiger partial charge in [0.1, 0.15) is 18.9 Å². The number of benzene rings is 1. The zero-order valence-electron chi connectivity index (χ0n) is 21.6. The number of esters is 1. The molecule has 1 saturated heterocycles. The predicted octanol–water partition coefficient (Wildman–Crippen LogP) is 3.81. The van der Waals surface area contributed by atoms with Crippen LogP contribution in [0, 0.1) is 5.92 Å². The average Bonchev–Trinajstić information content (AvgIpc) is 3.33. The summed E-state index contributed by atoms with van der Waals surface area (Å²) in [7, 11) is -1.89. The molecule has 0 bridgehead atoms. The second-order valence-corrected chi connectivity index (χ2v) is 14.7. The van der Waals surface area contributed by atoms with Crippen molar-refractivity contribution in [2.45, 2.75) is 51.6 Å². The van der Waals surface area contributed by atoms with Crippen molar-refractivity contribution < 1.29 is 33.1 Å². The number of hydrogen-bond donors (Lipinski definition) is 0. The summed E-state index contributed by atoms with van der Waals surface area (Å²) in [5.41, 5.74) is 2.64. The minimum absolute atomic E-state index is 0.00858. The highest BCUT2D eigenvalue weighted by Crippen LogP contribution is 2.48. The van der Waals surface area contributed by atoms with Crippen molar-refractivity contribution in [2.75, 3.05) is 18.1 Å². The monoisotopic (exact) mass is 524 g/mol. The molecule has 196 valence electrons. The molecule has 0 aromatic heterocycles. The Morgan fingerprint density at radius 3 is 2.46 bits per heavy atom. The second kappa shape index (κ2) is 10.1. The smallest absolute Gasteiger partial charge is 0.421 e. The lowest BCUT2D eigenvalue weighted by atomic mass is 9.82. The molecule has 3 aliphatic rings. The maximum Gasteiger partial charge on any atom is 0.421 e. The minimum atomic E-state index is -1.89. The van der Waals surface area contributed by atoms with Gasteiger partial charge >= 0.3 is 12.1 Å². The maximum absolute atomic E-state index is 13.3. The summed E-state index contributed by atoms with van der Waals surface area (Å²) in [5, 5.41) is 0. The number of anilines is 1. The number of carbonyl (C=O) groups is 4. The van der Waals surface area contributed by atoms with Crippen molar-refractivity contribution in [1.82, 2.24) is 4.90 Å². The van der Waals surface area contributed by atoms with Crippen LogP contribution >= 0.6 is 0 Å². The van der Waals surface area contributed by atoms with Crippen molar-refractivity contribution in [3.63, 3.8) is 0 Å². The SMILES string of the molecule is C=CCOC(=O)C1=C(c2ccc3c(c2)CC(=O)N3C(=O)OCC=C)C[C@@H]2[C@@H]([C@@H](C)O[Si](C)(C)C)C(=O)N12. The third-order valence-corrected chi connectivity index (χ3v) is 7.63. The highest BCUT2D eigenvalue weighted by molar-refractivity contribution is 6.69. The van der Waals surface area contributed by atoms with Crippen LogP contribution in [0.3, 0.4) is 0 Å². The van der Waals surface area contributed by atoms with Crippen LogP contribution < -0.4 is 4.90 Å². The molecule has 10 heteroatoms. The van der Waals surface area contributed by atoms with E-state index < -0.39 is 26.3 Å². The molecule has 0 saturated carbocycles. The van der Waals surface area contributed by atoms with Gasteiger partial charge in [-0.15, -0.1) is 0 Å². The van der Waals surface area contributed by atoms with Crippen molar-refractivity contribution in [3.05, 3.63) is 60.3 Å². The molecule has 3 amide bonds.